The van der Waals surface area contributed by atoms with Crippen LogP contribution in [0, 0.1) is 63.1 Å². The van der Waals surface area contributed by atoms with Crippen molar-refractivity contribution in [2.45, 2.75) is 110 Å². The molecule has 3 heteroatoms. The lowest BCUT2D eigenvalue weighted by Gasteiger charge is -2.63. The SMILES string of the molecule is CC(C)CCC[C@@H](C)[C@H]1CC[C@H]2[C@@H]3CC[C@@]4(C#N)CC(=O)[C@H](Br)C[C@]4(C)[C@H]3CC[C@]12C. The van der Waals surface area contributed by atoms with E-state index >= 15 is 0 Å². The van der Waals surface area contributed by atoms with E-state index < -0.39 is 5.41 Å². The molecule has 4 saturated carbocycles. The number of nitriles is 1. The molecule has 0 radical (unpaired) electrons. The number of rotatable bonds is 5. The Labute approximate surface area is 199 Å². The summed E-state index contributed by atoms with van der Waals surface area (Å²) < 4.78 is 0. The van der Waals surface area contributed by atoms with E-state index in [0.29, 0.717) is 17.8 Å². The van der Waals surface area contributed by atoms with Crippen molar-refractivity contribution in [2.75, 3.05) is 0 Å². The zero-order valence-corrected chi connectivity index (χ0v) is 22.1. The van der Waals surface area contributed by atoms with Crippen LogP contribution in [0.15, 0.2) is 0 Å². The summed E-state index contributed by atoms with van der Waals surface area (Å²) in [6.07, 6.45) is 13.0. The molecule has 174 valence electrons. The van der Waals surface area contributed by atoms with Gasteiger partial charge in [-0.25, -0.2) is 0 Å². The van der Waals surface area contributed by atoms with Gasteiger partial charge in [-0.3, -0.25) is 4.79 Å². The molecule has 0 heterocycles. The Morgan fingerprint density at radius 2 is 1.81 bits per heavy atom. The van der Waals surface area contributed by atoms with Gasteiger partial charge in [0.05, 0.1) is 16.3 Å². The maximum atomic E-state index is 12.6. The number of fused-ring (bicyclic) bond motifs is 5. The highest BCUT2D eigenvalue weighted by Gasteiger charge is 2.66. The van der Waals surface area contributed by atoms with E-state index in [9.17, 15) is 10.1 Å². The van der Waals surface area contributed by atoms with Crippen molar-refractivity contribution in [3.8, 4) is 6.07 Å². The molecule has 4 rings (SSSR count). The van der Waals surface area contributed by atoms with Crippen molar-refractivity contribution in [3.05, 3.63) is 0 Å². The Hall–Kier alpha value is -0.360. The highest BCUT2D eigenvalue weighted by Crippen LogP contribution is 2.71. The number of halogens is 1. The van der Waals surface area contributed by atoms with Crippen molar-refractivity contribution in [2.24, 2.45) is 51.8 Å². The van der Waals surface area contributed by atoms with Crippen LogP contribution in [0.2, 0.25) is 0 Å². The van der Waals surface area contributed by atoms with Crippen LogP contribution >= 0.6 is 15.9 Å². The first-order valence-electron chi connectivity index (χ1n) is 13.2. The average Bonchev–Trinajstić information content (AvgIpc) is 3.06. The number of ketones is 1. The highest BCUT2D eigenvalue weighted by molar-refractivity contribution is 9.10. The van der Waals surface area contributed by atoms with E-state index in [1.165, 1.54) is 51.4 Å². The van der Waals surface area contributed by atoms with Gasteiger partial charge in [0.25, 0.3) is 0 Å². The number of hydrogen-bond donors (Lipinski definition) is 0. The topological polar surface area (TPSA) is 40.9 Å². The first kappa shape index (κ1) is 23.8. The number of nitrogens with zero attached hydrogens (tertiary/aromatic N) is 1. The van der Waals surface area contributed by atoms with Gasteiger partial charge in [0.15, 0.2) is 0 Å². The molecule has 0 saturated heterocycles. The van der Waals surface area contributed by atoms with Crippen molar-refractivity contribution in [1.29, 1.82) is 5.26 Å². The predicted molar refractivity (Wildman–Crippen MR) is 131 cm³/mol. The Morgan fingerprint density at radius 3 is 2.48 bits per heavy atom. The third kappa shape index (κ3) is 3.66. The molecule has 2 nitrogen and oxygen atoms in total. The number of carbonyl (C=O) groups excluding carboxylic acids is 1. The van der Waals surface area contributed by atoms with Gasteiger partial charge in [-0.2, -0.15) is 5.26 Å². The van der Waals surface area contributed by atoms with Gasteiger partial charge in [0.2, 0.25) is 0 Å². The fourth-order valence-corrected chi connectivity index (χ4v) is 10.1. The molecule has 4 aliphatic carbocycles. The lowest BCUT2D eigenvalue weighted by Crippen LogP contribution is -2.60. The monoisotopic (exact) mass is 489 g/mol. The molecule has 0 N–H and O–H groups in total. The van der Waals surface area contributed by atoms with Gasteiger partial charge in [-0.15, -0.1) is 0 Å². The molecular weight excluding hydrogens is 446 g/mol. The van der Waals surface area contributed by atoms with Crippen LogP contribution in [-0.2, 0) is 4.79 Å². The van der Waals surface area contributed by atoms with Crippen LogP contribution in [0.1, 0.15) is 105 Å². The van der Waals surface area contributed by atoms with Crippen LogP contribution in [-0.4, -0.2) is 10.6 Å². The van der Waals surface area contributed by atoms with Crippen molar-refractivity contribution in [3.63, 3.8) is 0 Å². The molecule has 0 unspecified atom stereocenters. The average molecular weight is 491 g/mol. The normalized spacial score (nSPS) is 47.9. The van der Waals surface area contributed by atoms with Gasteiger partial charge < -0.3 is 0 Å². The zero-order chi connectivity index (χ0) is 22.6. The Bertz CT molecular complexity index is 742. The Morgan fingerprint density at radius 1 is 1.06 bits per heavy atom. The molecule has 0 bridgehead atoms. The van der Waals surface area contributed by atoms with Gasteiger partial charge >= 0.3 is 0 Å². The summed E-state index contributed by atoms with van der Waals surface area (Å²) >= 11 is 3.69. The second-order valence-electron chi connectivity index (χ2n) is 12.9. The van der Waals surface area contributed by atoms with Crippen LogP contribution in [0.5, 0.6) is 0 Å². The molecule has 4 fully saturated rings. The number of Topliss-reactive ketones (excluding diaryl/α,β-unsaturated/α-hetero) is 1. The number of hydrogen-bond acceptors (Lipinski definition) is 2. The maximum absolute atomic E-state index is 12.6. The molecule has 0 spiro atoms. The standard InChI is InChI=1S/C28H44BrNO/c1-18(2)7-6-8-19(3)21-9-10-22-20-11-14-28(17-30)16-25(31)24(29)15-27(28,5)23(20)12-13-26(21,22)4/h18-24H,6-16H2,1-5H3/t19-,20+,21-,22+,23+,24-,26-,27-,28+/m1/s1. The predicted octanol–water partition coefficient (Wildman–Crippen LogP) is 7.94. The minimum Gasteiger partial charge on any atom is -0.298 e. The van der Waals surface area contributed by atoms with Gasteiger partial charge in [-0.05, 0) is 91.3 Å². The largest absolute Gasteiger partial charge is 0.298 e. The van der Waals surface area contributed by atoms with E-state index in [1.54, 1.807) is 0 Å². The molecule has 0 aliphatic heterocycles. The number of alkyl halides is 1. The van der Waals surface area contributed by atoms with Crippen LogP contribution in [0.25, 0.3) is 0 Å². The molecule has 0 aromatic heterocycles. The van der Waals surface area contributed by atoms with Crippen LogP contribution < -0.4 is 0 Å². The van der Waals surface area contributed by atoms with E-state index in [4.69, 9.17) is 0 Å². The third-order valence-corrected chi connectivity index (χ3v) is 11.9. The van der Waals surface area contributed by atoms with Gasteiger partial charge in [0.1, 0.15) is 5.78 Å². The fourth-order valence-electron chi connectivity index (χ4n) is 9.31. The molecule has 0 aromatic rings. The van der Waals surface area contributed by atoms with Crippen molar-refractivity contribution in [1.82, 2.24) is 0 Å². The van der Waals surface area contributed by atoms with E-state index in [0.717, 1.165) is 42.4 Å². The minimum absolute atomic E-state index is 0.0188. The zero-order valence-electron chi connectivity index (χ0n) is 20.6. The van der Waals surface area contributed by atoms with E-state index in [2.05, 4.69) is 56.6 Å². The minimum atomic E-state index is -0.425. The lowest BCUT2D eigenvalue weighted by molar-refractivity contribution is -0.153. The molecule has 4 aliphatic rings. The summed E-state index contributed by atoms with van der Waals surface area (Å²) in [6, 6.07) is 2.73. The summed E-state index contributed by atoms with van der Waals surface area (Å²) in [5.74, 6) is 4.98. The first-order chi connectivity index (χ1) is 14.6. The van der Waals surface area contributed by atoms with E-state index in [1.807, 2.05) is 0 Å². The maximum Gasteiger partial charge on any atom is 0.148 e. The van der Waals surface area contributed by atoms with Crippen molar-refractivity contribution < 1.29 is 4.79 Å². The van der Waals surface area contributed by atoms with Crippen LogP contribution in [0.4, 0.5) is 0 Å². The smallest absolute Gasteiger partial charge is 0.148 e. The van der Waals surface area contributed by atoms with E-state index in [-0.39, 0.29) is 16.0 Å². The Kier molecular flexibility index (Phi) is 6.48. The van der Waals surface area contributed by atoms with Gasteiger partial charge in [-0.1, -0.05) is 69.8 Å². The Balaban J connectivity index is 1.54. The summed E-state index contributed by atoms with van der Waals surface area (Å²) in [6.45, 7) is 12.3. The lowest BCUT2D eigenvalue weighted by atomic mass is 9.40. The molecule has 0 aromatic carbocycles. The first-order valence-corrected chi connectivity index (χ1v) is 14.1. The molecule has 9 atom stereocenters. The van der Waals surface area contributed by atoms with Crippen LogP contribution in [0.3, 0.4) is 0 Å². The highest BCUT2D eigenvalue weighted by atomic mass is 79.9. The fraction of sp³-hybridized carbons (Fsp3) is 0.929. The molecular formula is C28H44BrNO. The van der Waals surface area contributed by atoms with Crippen molar-refractivity contribution >= 4 is 21.7 Å². The molecule has 31 heavy (non-hydrogen) atoms. The third-order valence-electron chi connectivity index (χ3n) is 11.1. The second-order valence-corrected chi connectivity index (χ2v) is 14.0. The summed E-state index contributed by atoms with van der Waals surface area (Å²) in [5, 5.41) is 10.3. The molecule has 0 amide bonds. The summed E-state index contributed by atoms with van der Waals surface area (Å²) in [5.41, 5.74) is 0.0418. The summed E-state index contributed by atoms with van der Waals surface area (Å²) in [7, 11) is 0. The van der Waals surface area contributed by atoms with Gasteiger partial charge in [0, 0.05) is 6.42 Å². The second kappa shape index (κ2) is 8.45. The quantitative estimate of drug-likeness (QED) is 0.367. The summed E-state index contributed by atoms with van der Waals surface area (Å²) in [4.78, 5) is 12.5. The number of carbonyl (C=O) groups is 1.